The number of sulfonamides is 1. The van der Waals surface area contributed by atoms with Gasteiger partial charge in [-0.15, -0.1) is 0 Å². The van der Waals surface area contributed by atoms with Gasteiger partial charge >= 0.3 is 0 Å². The fourth-order valence-electron chi connectivity index (χ4n) is 1.49. The van der Waals surface area contributed by atoms with Crippen molar-refractivity contribution in [3.63, 3.8) is 0 Å². The van der Waals surface area contributed by atoms with Crippen LogP contribution in [0.15, 0.2) is 23.2 Å². The smallest absolute Gasteiger partial charge is 0.243 e. The van der Waals surface area contributed by atoms with Crippen molar-refractivity contribution in [1.82, 2.24) is 9.29 Å². The SMILES string of the molecule is CCCCN(CC)S(=O)(=O)c1cccnc1Cl. The third-order valence-corrected chi connectivity index (χ3v) is 4.88. The van der Waals surface area contributed by atoms with E-state index in [0.717, 1.165) is 12.8 Å². The highest BCUT2D eigenvalue weighted by Crippen LogP contribution is 2.22. The fourth-order valence-corrected chi connectivity index (χ4v) is 3.40. The third-order valence-electron chi connectivity index (χ3n) is 2.46. The summed E-state index contributed by atoms with van der Waals surface area (Å²) in [5.41, 5.74) is 0. The normalized spacial score (nSPS) is 12.0. The van der Waals surface area contributed by atoms with Gasteiger partial charge in [0.05, 0.1) is 0 Å². The van der Waals surface area contributed by atoms with Gasteiger partial charge in [0.15, 0.2) is 0 Å². The lowest BCUT2D eigenvalue weighted by atomic mass is 10.3. The van der Waals surface area contributed by atoms with Gasteiger partial charge in [0.2, 0.25) is 10.0 Å². The lowest BCUT2D eigenvalue weighted by Crippen LogP contribution is -2.32. The van der Waals surface area contributed by atoms with Crippen LogP contribution in [0.2, 0.25) is 5.15 Å². The molecule has 0 spiro atoms. The number of hydrogen-bond donors (Lipinski definition) is 0. The molecule has 0 aliphatic rings. The van der Waals surface area contributed by atoms with Crippen molar-refractivity contribution in [2.75, 3.05) is 13.1 Å². The van der Waals surface area contributed by atoms with Crippen LogP contribution in [0.1, 0.15) is 26.7 Å². The zero-order valence-corrected chi connectivity index (χ0v) is 11.6. The van der Waals surface area contributed by atoms with Gasteiger partial charge in [-0.05, 0) is 18.6 Å². The Labute approximate surface area is 108 Å². The molecule has 4 nitrogen and oxygen atoms in total. The van der Waals surface area contributed by atoms with Crippen molar-refractivity contribution in [3.8, 4) is 0 Å². The number of rotatable bonds is 6. The fraction of sp³-hybridized carbons (Fsp3) is 0.545. The standard InChI is InChI=1S/C11H17ClN2O2S/c1-3-5-9-14(4-2)17(15,16)10-7-6-8-13-11(10)12/h6-8H,3-5,9H2,1-2H3. The first kappa shape index (κ1) is 14.4. The largest absolute Gasteiger partial charge is 0.246 e. The van der Waals surface area contributed by atoms with Crippen LogP contribution in [0, 0.1) is 0 Å². The summed E-state index contributed by atoms with van der Waals surface area (Å²) in [6.07, 6.45) is 3.27. The van der Waals surface area contributed by atoms with E-state index >= 15 is 0 Å². The van der Waals surface area contributed by atoms with E-state index in [9.17, 15) is 8.42 Å². The van der Waals surface area contributed by atoms with Crippen LogP contribution in [0.25, 0.3) is 0 Å². The minimum atomic E-state index is -3.52. The maximum absolute atomic E-state index is 12.3. The molecule has 1 aromatic heterocycles. The van der Waals surface area contributed by atoms with Crippen molar-refractivity contribution in [1.29, 1.82) is 0 Å². The van der Waals surface area contributed by atoms with Crippen LogP contribution in [-0.4, -0.2) is 30.8 Å². The lowest BCUT2D eigenvalue weighted by Gasteiger charge is -2.20. The monoisotopic (exact) mass is 276 g/mol. The number of unbranched alkanes of at least 4 members (excludes halogenated alkanes) is 1. The number of nitrogens with zero attached hydrogens (tertiary/aromatic N) is 2. The van der Waals surface area contributed by atoms with E-state index < -0.39 is 10.0 Å². The maximum Gasteiger partial charge on any atom is 0.246 e. The van der Waals surface area contributed by atoms with Crippen LogP contribution in [0.3, 0.4) is 0 Å². The van der Waals surface area contributed by atoms with Crippen molar-refractivity contribution >= 4 is 21.6 Å². The molecule has 6 heteroatoms. The summed E-state index contributed by atoms with van der Waals surface area (Å²) in [7, 11) is -3.52. The molecule has 0 amide bonds. The Kier molecular flexibility index (Phi) is 5.36. The van der Waals surface area contributed by atoms with Gasteiger partial charge in [-0.1, -0.05) is 31.9 Å². The van der Waals surface area contributed by atoms with Crippen LogP contribution in [-0.2, 0) is 10.0 Å². The summed E-state index contributed by atoms with van der Waals surface area (Å²) in [6.45, 7) is 4.79. The van der Waals surface area contributed by atoms with E-state index in [1.807, 2.05) is 13.8 Å². The summed E-state index contributed by atoms with van der Waals surface area (Å²) in [5.74, 6) is 0. The molecule has 1 rings (SSSR count). The molecule has 1 heterocycles. The summed E-state index contributed by atoms with van der Waals surface area (Å²) in [4.78, 5) is 3.88. The van der Waals surface area contributed by atoms with E-state index in [1.165, 1.54) is 16.6 Å². The summed E-state index contributed by atoms with van der Waals surface area (Å²) in [6, 6.07) is 3.06. The van der Waals surface area contributed by atoms with Crippen molar-refractivity contribution < 1.29 is 8.42 Å². The second kappa shape index (κ2) is 6.33. The van der Waals surface area contributed by atoms with E-state index in [1.54, 1.807) is 6.07 Å². The average Bonchev–Trinajstić information content (AvgIpc) is 2.30. The summed E-state index contributed by atoms with van der Waals surface area (Å²) < 4.78 is 26.0. The van der Waals surface area contributed by atoms with Crippen LogP contribution in [0.4, 0.5) is 0 Å². The Morgan fingerprint density at radius 3 is 2.65 bits per heavy atom. The van der Waals surface area contributed by atoms with Crippen molar-refractivity contribution in [2.24, 2.45) is 0 Å². The summed E-state index contributed by atoms with van der Waals surface area (Å²) >= 11 is 5.83. The first-order valence-corrected chi connectivity index (χ1v) is 7.46. The van der Waals surface area contributed by atoms with E-state index in [0.29, 0.717) is 13.1 Å². The van der Waals surface area contributed by atoms with E-state index in [-0.39, 0.29) is 10.0 Å². The molecule has 0 aliphatic carbocycles. The van der Waals surface area contributed by atoms with Gasteiger partial charge in [0.1, 0.15) is 10.0 Å². The first-order valence-electron chi connectivity index (χ1n) is 5.64. The van der Waals surface area contributed by atoms with E-state index in [2.05, 4.69) is 4.98 Å². The molecule has 0 bridgehead atoms. The molecule has 1 aromatic rings. The maximum atomic E-state index is 12.3. The Morgan fingerprint density at radius 2 is 2.12 bits per heavy atom. The van der Waals surface area contributed by atoms with Gasteiger partial charge in [-0.3, -0.25) is 0 Å². The van der Waals surface area contributed by atoms with Crippen LogP contribution < -0.4 is 0 Å². The average molecular weight is 277 g/mol. The predicted octanol–water partition coefficient (Wildman–Crippen LogP) is 2.55. The molecule has 0 fully saturated rings. The lowest BCUT2D eigenvalue weighted by molar-refractivity contribution is 0.419. The Morgan fingerprint density at radius 1 is 1.41 bits per heavy atom. The van der Waals surface area contributed by atoms with Crippen LogP contribution in [0.5, 0.6) is 0 Å². The van der Waals surface area contributed by atoms with E-state index in [4.69, 9.17) is 11.6 Å². The highest BCUT2D eigenvalue weighted by atomic mass is 35.5. The van der Waals surface area contributed by atoms with Crippen LogP contribution >= 0.6 is 11.6 Å². The Hall–Kier alpha value is -0.650. The predicted molar refractivity (Wildman–Crippen MR) is 68.6 cm³/mol. The zero-order valence-electron chi connectivity index (χ0n) is 10.1. The second-order valence-electron chi connectivity index (χ2n) is 3.64. The molecule has 0 radical (unpaired) electrons. The highest BCUT2D eigenvalue weighted by Gasteiger charge is 2.25. The van der Waals surface area contributed by atoms with Gasteiger partial charge < -0.3 is 0 Å². The first-order chi connectivity index (χ1) is 8.04. The molecule has 0 saturated carbocycles. The summed E-state index contributed by atoms with van der Waals surface area (Å²) in [5, 5.41) is 0.0300. The molecule has 17 heavy (non-hydrogen) atoms. The number of aromatic nitrogens is 1. The topological polar surface area (TPSA) is 50.3 Å². The molecule has 0 saturated heterocycles. The molecule has 0 N–H and O–H groups in total. The molecular weight excluding hydrogens is 260 g/mol. The van der Waals surface area contributed by atoms with Gasteiger partial charge in [0.25, 0.3) is 0 Å². The number of pyridine rings is 1. The molecule has 96 valence electrons. The molecule has 0 unspecified atom stereocenters. The van der Waals surface area contributed by atoms with Crippen molar-refractivity contribution in [3.05, 3.63) is 23.5 Å². The Bertz CT molecular complexity index is 462. The molecule has 0 aliphatic heterocycles. The second-order valence-corrected chi connectivity index (χ2v) is 5.91. The van der Waals surface area contributed by atoms with Gasteiger partial charge in [0, 0.05) is 19.3 Å². The van der Waals surface area contributed by atoms with Crippen molar-refractivity contribution in [2.45, 2.75) is 31.6 Å². The molecule has 0 aromatic carbocycles. The Balaban J connectivity index is 3.05. The molecule has 0 atom stereocenters. The third kappa shape index (κ3) is 3.40. The number of halogens is 1. The minimum Gasteiger partial charge on any atom is -0.243 e. The van der Waals surface area contributed by atoms with Gasteiger partial charge in [-0.25, -0.2) is 13.4 Å². The minimum absolute atomic E-state index is 0.0300. The number of hydrogen-bond acceptors (Lipinski definition) is 3. The molecular formula is C11H17ClN2O2S. The van der Waals surface area contributed by atoms with Gasteiger partial charge in [-0.2, -0.15) is 4.31 Å². The quantitative estimate of drug-likeness (QED) is 0.750. The highest BCUT2D eigenvalue weighted by molar-refractivity contribution is 7.89. The zero-order chi connectivity index (χ0) is 12.9.